The SMILES string of the molecule is [2H]C[C@H](CCC)Nc1nc(N)c2ncc(Cc3cnc(N4CCC(N(C)C)CC4)c(C)c3)n2n1. The third kappa shape index (κ3) is 5.19. The van der Waals surface area contributed by atoms with E-state index < -0.39 is 0 Å². The van der Waals surface area contributed by atoms with Crippen LogP contribution in [0.4, 0.5) is 17.6 Å². The van der Waals surface area contributed by atoms with Crippen molar-refractivity contribution in [1.29, 1.82) is 0 Å². The molecule has 0 amide bonds. The van der Waals surface area contributed by atoms with Crippen LogP contribution >= 0.6 is 0 Å². The monoisotopic (exact) mass is 452 g/mol. The van der Waals surface area contributed by atoms with Gasteiger partial charge in [0.25, 0.3) is 0 Å². The molecule has 4 rings (SSSR count). The summed E-state index contributed by atoms with van der Waals surface area (Å²) in [5, 5.41) is 7.88. The second-order valence-electron chi connectivity index (χ2n) is 9.28. The maximum absolute atomic E-state index is 7.75. The van der Waals surface area contributed by atoms with E-state index in [4.69, 9.17) is 12.1 Å². The Balaban J connectivity index is 1.51. The molecule has 9 heteroatoms. The Morgan fingerprint density at radius 3 is 2.73 bits per heavy atom. The summed E-state index contributed by atoms with van der Waals surface area (Å²) in [6.07, 6.45) is 8.59. The molecule has 0 aliphatic carbocycles. The number of nitrogens with two attached hydrogens (primary N) is 1. The van der Waals surface area contributed by atoms with E-state index >= 15 is 0 Å². The number of hydrogen-bond donors (Lipinski definition) is 2. The molecule has 1 fully saturated rings. The van der Waals surface area contributed by atoms with Gasteiger partial charge in [-0.3, -0.25) is 0 Å². The van der Waals surface area contributed by atoms with E-state index in [-0.39, 0.29) is 12.9 Å². The number of rotatable bonds is 8. The Kier molecular flexibility index (Phi) is 6.57. The highest BCUT2D eigenvalue weighted by atomic mass is 15.3. The largest absolute Gasteiger partial charge is 0.380 e. The van der Waals surface area contributed by atoms with Crippen molar-refractivity contribution in [2.24, 2.45) is 0 Å². The van der Waals surface area contributed by atoms with Crippen LogP contribution in [-0.2, 0) is 6.42 Å². The molecule has 3 N–H and O–H groups in total. The highest BCUT2D eigenvalue weighted by Crippen LogP contribution is 2.25. The molecule has 178 valence electrons. The van der Waals surface area contributed by atoms with E-state index in [0.29, 0.717) is 29.9 Å². The van der Waals surface area contributed by atoms with Crippen LogP contribution in [0.2, 0.25) is 0 Å². The smallest absolute Gasteiger partial charge is 0.243 e. The van der Waals surface area contributed by atoms with Crippen LogP contribution in [0.3, 0.4) is 0 Å². The van der Waals surface area contributed by atoms with Crippen molar-refractivity contribution in [3.8, 4) is 0 Å². The molecule has 1 saturated heterocycles. The number of nitrogens with zero attached hydrogens (tertiary/aromatic N) is 7. The maximum Gasteiger partial charge on any atom is 0.243 e. The molecule has 1 atom stereocenters. The molecule has 9 nitrogen and oxygen atoms in total. The first-order chi connectivity index (χ1) is 16.4. The summed E-state index contributed by atoms with van der Waals surface area (Å²) in [4.78, 5) is 18.4. The van der Waals surface area contributed by atoms with Gasteiger partial charge in [-0.05, 0) is 58.3 Å². The van der Waals surface area contributed by atoms with Gasteiger partial charge in [-0.25, -0.2) is 14.5 Å². The Hall–Kier alpha value is -2.94. The Morgan fingerprint density at radius 1 is 1.27 bits per heavy atom. The zero-order valence-corrected chi connectivity index (χ0v) is 20.3. The van der Waals surface area contributed by atoms with Crippen LogP contribution in [-0.4, -0.2) is 68.7 Å². The minimum atomic E-state index is -0.00370. The molecule has 0 spiro atoms. The molecular weight excluding hydrogens is 414 g/mol. The van der Waals surface area contributed by atoms with Crippen LogP contribution in [0.5, 0.6) is 0 Å². The molecular formula is C24H37N9. The maximum atomic E-state index is 7.75. The summed E-state index contributed by atoms with van der Waals surface area (Å²) in [6, 6.07) is 2.86. The van der Waals surface area contributed by atoms with Gasteiger partial charge in [0.05, 0.1) is 11.9 Å². The number of imidazole rings is 1. The second kappa shape index (κ2) is 9.91. The molecule has 0 aromatic carbocycles. The molecule has 1 aliphatic rings. The summed E-state index contributed by atoms with van der Waals surface area (Å²) in [7, 11) is 4.32. The standard InChI is InChI=1S/C24H37N9/c1-6-7-17(3)28-24-29-21(25)23-27-15-20(33(23)30-24)13-18-12-16(2)22(26-14-18)32-10-8-19(9-11-32)31(4)5/h12,14-15,17,19H,6-11,13H2,1-5H3,(H3,25,28,29,30)/t17-/m1/s1/i3D. The summed E-state index contributed by atoms with van der Waals surface area (Å²) < 4.78 is 9.51. The predicted octanol–water partition coefficient (Wildman–Crippen LogP) is 3.13. The summed E-state index contributed by atoms with van der Waals surface area (Å²) in [5.74, 6) is 1.84. The van der Waals surface area contributed by atoms with E-state index in [1.807, 2.05) is 6.20 Å². The fraction of sp³-hybridized carbons (Fsp3) is 0.583. The van der Waals surface area contributed by atoms with Crippen LogP contribution in [0.1, 0.15) is 57.7 Å². The van der Waals surface area contributed by atoms with Gasteiger partial charge in [-0.15, -0.1) is 5.10 Å². The normalized spacial score (nSPS) is 16.4. The van der Waals surface area contributed by atoms with E-state index in [1.54, 1.807) is 10.7 Å². The average Bonchev–Trinajstić information content (AvgIpc) is 3.22. The zero-order valence-electron chi connectivity index (χ0n) is 21.3. The Morgan fingerprint density at radius 2 is 2.06 bits per heavy atom. The zero-order chi connectivity index (χ0) is 24.2. The highest BCUT2D eigenvalue weighted by molar-refractivity contribution is 5.61. The van der Waals surface area contributed by atoms with E-state index in [2.05, 4.69) is 64.2 Å². The number of aryl methyl sites for hydroxylation is 1. The minimum Gasteiger partial charge on any atom is -0.380 e. The number of anilines is 3. The molecule has 3 aromatic heterocycles. The van der Waals surface area contributed by atoms with E-state index in [1.165, 1.54) is 5.56 Å². The molecule has 33 heavy (non-hydrogen) atoms. The van der Waals surface area contributed by atoms with Gasteiger partial charge in [0.15, 0.2) is 11.5 Å². The minimum absolute atomic E-state index is 0.00370. The third-order valence-corrected chi connectivity index (χ3v) is 6.42. The van der Waals surface area contributed by atoms with Gasteiger partial charge >= 0.3 is 0 Å². The molecule has 4 heterocycles. The lowest BCUT2D eigenvalue weighted by Crippen LogP contribution is -2.42. The van der Waals surface area contributed by atoms with Crippen LogP contribution in [0.15, 0.2) is 18.5 Å². The molecule has 0 radical (unpaired) electrons. The molecule has 0 saturated carbocycles. The predicted molar refractivity (Wildman–Crippen MR) is 134 cm³/mol. The molecule has 0 bridgehead atoms. The van der Waals surface area contributed by atoms with Gasteiger partial charge in [0.1, 0.15) is 5.82 Å². The third-order valence-electron chi connectivity index (χ3n) is 6.42. The average molecular weight is 453 g/mol. The summed E-state index contributed by atoms with van der Waals surface area (Å²) >= 11 is 0. The van der Waals surface area contributed by atoms with Crippen molar-refractivity contribution in [2.75, 3.05) is 43.1 Å². The van der Waals surface area contributed by atoms with Crippen molar-refractivity contribution in [3.63, 3.8) is 0 Å². The van der Waals surface area contributed by atoms with Gasteiger partial charge in [0, 0.05) is 39.2 Å². The number of pyridine rings is 1. The van der Waals surface area contributed by atoms with Crippen molar-refractivity contribution < 1.29 is 1.37 Å². The van der Waals surface area contributed by atoms with E-state index in [0.717, 1.165) is 55.8 Å². The number of fused-ring (bicyclic) bond motifs is 1. The molecule has 3 aromatic rings. The molecule has 0 unspecified atom stereocenters. The van der Waals surface area contributed by atoms with Crippen molar-refractivity contribution in [3.05, 3.63) is 35.3 Å². The Labute approximate surface area is 197 Å². The Bertz CT molecular complexity index is 1110. The first-order valence-corrected chi connectivity index (χ1v) is 11.8. The highest BCUT2D eigenvalue weighted by Gasteiger charge is 2.22. The van der Waals surface area contributed by atoms with Crippen LogP contribution in [0, 0.1) is 6.92 Å². The first kappa shape index (κ1) is 21.9. The number of aromatic nitrogens is 5. The number of piperidine rings is 1. The second-order valence-corrected chi connectivity index (χ2v) is 9.28. The quantitative estimate of drug-likeness (QED) is 0.538. The number of nitrogens with one attached hydrogen (secondary N) is 1. The van der Waals surface area contributed by atoms with Crippen LogP contribution < -0.4 is 16.0 Å². The fourth-order valence-electron chi connectivity index (χ4n) is 4.59. The van der Waals surface area contributed by atoms with Gasteiger partial charge in [-0.1, -0.05) is 19.4 Å². The molecule has 1 aliphatic heterocycles. The lowest BCUT2D eigenvalue weighted by molar-refractivity contribution is 0.249. The van der Waals surface area contributed by atoms with Gasteiger partial charge in [0.2, 0.25) is 5.95 Å². The van der Waals surface area contributed by atoms with Gasteiger partial charge in [-0.2, -0.15) is 4.98 Å². The summed E-state index contributed by atoms with van der Waals surface area (Å²) in [6.45, 7) is 6.56. The topological polar surface area (TPSA) is 100 Å². The van der Waals surface area contributed by atoms with Crippen LogP contribution in [0.25, 0.3) is 5.65 Å². The lowest BCUT2D eigenvalue weighted by atomic mass is 10.0. The fourth-order valence-corrected chi connectivity index (χ4v) is 4.59. The van der Waals surface area contributed by atoms with Crippen molar-refractivity contribution in [1.82, 2.24) is 29.5 Å². The number of nitrogen functional groups attached to an aromatic ring is 1. The summed E-state index contributed by atoms with van der Waals surface area (Å²) in [5.41, 5.74) is 9.92. The van der Waals surface area contributed by atoms with Crippen molar-refractivity contribution in [2.45, 2.75) is 64.9 Å². The lowest BCUT2D eigenvalue weighted by Gasteiger charge is -2.36. The number of hydrogen-bond acceptors (Lipinski definition) is 8. The van der Waals surface area contributed by atoms with E-state index in [9.17, 15) is 0 Å². The van der Waals surface area contributed by atoms with Crippen molar-refractivity contribution >= 4 is 23.2 Å². The first-order valence-electron chi connectivity index (χ1n) is 12.5. The van der Waals surface area contributed by atoms with Gasteiger partial charge < -0.3 is 20.9 Å².